The van der Waals surface area contributed by atoms with Crippen LogP contribution in [0, 0.1) is 10.1 Å². The van der Waals surface area contributed by atoms with Gasteiger partial charge in [0.2, 0.25) is 11.6 Å². The Morgan fingerprint density at radius 1 is 1.39 bits per heavy atom. The molecule has 2 N–H and O–H groups in total. The van der Waals surface area contributed by atoms with Gasteiger partial charge in [-0.2, -0.15) is 0 Å². The van der Waals surface area contributed by atoms with Crippen LogP contribution in [0.4, 0.5) is 17.3 Å². The van der Waals surface area contributed by atoms with E-state index in [0.717, 1.165) is 5.56 Å². The van der Waals surface area contributed by atoms with E-state index in [2.05, 4.69) is 25.6 Å². The van der Waals surface area contributed by atoms with Crippen molar-refractivity contribution < 1.29 is 9.66 Å². The highest BCUT2D eigenvalue weighted by atomic mass is 16.6. The second kappa shape index (κ2) is 7.99. The Bertz CT molecular complexity index is 652. The molecule has 0 bridgehead atoms. The summed E-state index contributed by atoms with van der Waals surface area (Å²) in [5.74, 6) is 0.309. The van der Waals surface area contributed by atoms with Gasteiger partial charge >= 0.3 is 5.69 Å². The predicted molar refractivity (Wildman–Crippen MR) is 85.2 cm³/mol. The van der Waals surface area contributed by atoms with Gasteiger partial charge in [0, 0.05) is 32.1 Å². The molecular formula is C14H18N6O3. The second-order valence-corrected chi connectivity index (χ2v) is 4.89. The topological polar surface area (TPSA) is 115 Å². The van der Waals surface area contributed by atoms with Gasteiger partial charge in [0.15, 0.2) is 0 Å². The maximum atomic E-state index is 11.4. The van der Waals surface area contributed by atoms with E-state index >= 15 is 0 Å². The average Bonchev–Trinajstić information content (AvgIpc) is 2.54. The summed E-state index contributed by atoms with van der Waals surface area (Å²) in [5.41, 5.74) is 0.696. The average molecular weight is 318 g/mol. The van der Waals surface area contributed by atoms with Gasteiger partial charge in [-0.15, -0.1) is 0 Å². The fourth-order valence-corrected chi connectivity index (χ4v) is 2.00. The number of ether oxygens (including phenoxy) is 1. The monoisotopic (exact) mass is 318 g/mol. The zero-order valence-corrected chi connectivity index (χ0v) is 12.9. The third kappa shape index (κ3) is 4.58. The Morgan fingerprint density at radius 3 is 2.83 bits per heavy atom. The Balaban J connectivity index is 2.20. The van der Waals surface area contributed by atoms with E-state index in [4.69, 9.17) is 4.74 Å². The van der Waals surface area contributed by atoms with Crippen molar-refractivity contribution in [3.63, 3.8) is 0 Å². The Kier molecular flexibility index (Phi) is 5.75. The van der Waals surface area contributed by atoms with E-state index in [0.29, 0.717) is 13.2 Å². The summed E-state index contributed by atoms with van der Waals surface area (Å²) >= 11 is 0. The van der Waals surface area contributed by atoms with Crippen LogP contribution in [0.25, 0.3) is 0 Å². The van der Waals surface area contributed by atoms with Crippen LogP contribution in [0.5, 0.6) is 0 Å². The number of nitrogens with one attached hydrogen (secondary N) is 2. The molecule has 122 valence electrons. The largest absolute Gasteiger partial charge is 0.383 e. The van der Waals surface area contributed by atoms with Gasteiger partial charge in [0.1, 0.15) is 6.33 Å². The lowest BCUT2D eigenvalue weighted by molar-refractivity contribution is -0.383. The first kappa shape index (κ1) is 16.6. The molecule has 2 heterocycles. The molecule has 1 unspecified atom stereocenters. The van der Waals surface area contributed by atoms with Crippen LogP contribution >= 0.6 is 0 Å². The summed E-state index contributed by atoms with van der Waals surface area (Å²) < 4.78 is 5.01. The van der Waals surface area contributed by atoms with Gasteiger partial charge < -0.3 is 15.4 Å². The predicted octanol–water partition coefficient (Wildman–Crippen LogP) is 1.84. The summed E-state index contributed by atoms with van der Waals surface area (Å²) in [4.78, 5) is 22.8. The number of nitro groups is 1. The van der Waals surface area contributed by atoms with E-state index in [1.54, 1.807) is 25.6 Å². The van der Waals surface area contributed by atoms with Crippen LogP contribution in [0.3, 0.4) is 0 Å². The maximum absolute atomic E-state index is 11.4. The van der Waals surface area contributed by atoms with Crippen LogP contribution in [-0.4, -0.2) is 39.6 Å². The van der Waals surface area contributed by atoms with Crippen molar-refractivity contribution in [2.75, 3.05) is 24.4 Å². The van der Waals surface area contributed by atoms with Crippen molar-refractivity contribution in [3.05, 3.63) is 46.5 Å². The number of nitrogens with zero attached hydrogens (tertiary/aromatic N) is 4. The molecule has 0 radical (unpaired) electrons. The number of hydrogen-bond donors (Lipinski definition) is 2. The quantitative estimate of drug-likeness (QED) is 0.559. The van der Waals surface area contributed by atoms with Crippen molar-refractivity contribution in [3.8, 4) is 0 Å². The Morgan fingerprint density at radius 2 is 2.17 bits per heavy atom. The third-order valence-corrected chi connectivity index (χ3v) is 2.99. The molecule has 0 spiro atoms. The summed E-state index contributed by atoms with van der Waals surface area (Å²) in [6.45, 7) is 2.62. The molecule has 1 atom stereocenters. The molecule has 0 aliphatic rings. The van der Waals surface area contributed by atoms with Crippen LogP contribution in [0.2, 0.25) is 0 Å². The van der Waals surface area contributed by atoms with Gasteiger partial charge in [-0.05, 0) is 18.6 Å². The molecule has 9 heteroatoms. The van der Waals surface area contributed by atoms with E-state index in [9.17, 15) is 10.1 Å². The molecule has 0 aliphatic carbocycles. The minimum atomic E-state index is -0.507. The Labute approximate surface area is 133 Å². The molecule has 2 aromatic heterocycles. The standard InChI is InChI=1S/C14H18N6O3/c1-10(8-23-2)19-14-12(20(21)22)13(17-9-18-14)16-7-11-4-3-5-15-6-11/h3-6,9-10H,7-8H2,1-2H3,(H2,16,17,18,19). The fourth-order valence-electron chi connectivity index (χ4n) is 2.00. The molecule has 9 nitrogen and oxygen atoms in total. The highest BCUT2D eigenvalue weighted by Crippen LogP contribution is 2.29. The van der Waals surface area contributed by atoms with Crippen molar-refractivity contribution in [2.24, 2.45) is 0 Å². The van der Waals surface area contributed by atoms with Crippen LogP contribution < -0.4 is 10.6 Å². The van der Waals surface area contributed by atoms with Gasteiger partial charge in [-0.1, -0.05) is 6.07 Å². The van der Waals surface area contributed by atoms with Crippen molar-refractivity contribution in [1.29, 1.82) is 0 Å². The maximum Gasteiger partial charge on any atom is 0.353 e. The minimum Gasteiger partial charge on any atom is -0.383 e. The molecule has 2 rings (SSSR count). The zero-order chi connectivity index (χ0) is 16.7. The van der Waals surface area contributed by atoms with Crippen molar-refractivity contribution in [1.82, 2.24) is 15.0 Å². The molecule has 2 aromatic rings. The first-order valence-electron chi connectivity index (χ1n) is 6.99. The Hall–Kier alpha value is -2.81. The van der Waals surface area contributed by atoms with Crippen LogP contribution in [-0.2, 0) is 11.3 Å². The molecule has 0 saturated carbocycles. The summed E-state index contributed by atoms with van der Waals surface area (Å²) in [5, 5.41) is 17.3. The first-order chi connectivity index (χ1) is 11.1. The van der Waals surface area contributed by atoms with E-state index in [1.807, 2.05) is 13.0 Å². The zero-order valence-electron chi connectivity index (χ0n) is 12.9. The van der Waals surface area contributed by atoms with Crippen molar-refractivity contribution >= 4 is 17.3 Å². The number of pyridine rings is 1. The molecular weight excluding hydrogens is 300 g/mol. The number of anilines is 2. The van der Waals surface area contributed by atoms with Gasteiger partial charge in [-0.3, -0.25) is 15.1 Å². The van der Waals surface area contributed by atoms with E-state index in [1.165, 1.54) is 6.33 Å². The summed E-state index contributed by atoms with van der Waals surface area (Å²) in [6, 6.07) is 3.54. The normalized spacial score (nSPS) is 11.7. The second-order valence-electron chi connectivity index (χ2n) is 4.89. The van der Waals surface area contributed by atoms with E-state index < -0.39 is 4.92 Å². The lowest BCUT2D eigenvalue weighted by Gasteiger charge is -2.14. The number of methoxy groups -OCH3 is 1. The fraction of sp³-hybridized carbons (Fsp3) is 0.357. The van der Waals surface area contributed by atoms with Gasteiger partial charge in [-0.25, -0.2) is 9.97 Å². The molecule has 0 saturated heterocycles. The number of hydrogen-bond acceptors (Lipinski definition) is 8. The highest BCUT2D eigenvalue weighted by Gasteiger charge is 2.23. The van der Waals surface area contributed by atoms with Gasteiger partial charge in [0.05, 0.1) is 11.5 Å². The molecule has 0 fully saturated rings. The SMILES string of the molecule is COCC(C)Nc1ncnc(NCc2cccnc2)c1[N+](=O)[O-]. The van der Waals surface area contributed by atoms with E-state index in [-0.39, 0.29) is 23.4 Å². The molecule has 0 aromatic carbocycles. The lowest BCUT2D eigenvalue weighted by atomic mass is 10.3. The number of rotatable bonds is 8. The van der Waals surface area contributed by atoms with Crippen LogP contribution in [0.15, 0.2) is 30.9 Å². The molecule has 0 amide bonds. The van der Waals surface area contributed by atoms with Gasteiger partial charge in [0.25, 0.3) is 0 Å². The minimum absolute atomic E-state index is 0.125. The summed E-state index contributed by atoms with van der Waals surface area (Å²) in [7, 11) is 1.56. The van der Waals surface area contributed by atoms with Crippen LogP contribution in [0.1, 0.15) is 12.5 Å². The lowest BCUT2D eigenvalue weighted by Crippen LogP contribution is -2.22. The number of aromatic nitrogens is 3. The highest BCUT2D eigenvalue weighted by molar-refractivity contribution is 5.69. The first-order valence-corrected chi connectivity index (χ1v) is 6.99. The van der Waals surface area contributed by atoms with Crippen molar-refractivity contribution in [2.45, 2.75) is 19.5 Å². The molecule has 0 aliphatic heterocycles. The molecule has 23 heavy (non-hydrogen) atoms. The smallest absolute Gasteiger partial charge is 0.353 e. The summed E-state index contributed by atoms with van der Waals surface area (Å²) in [6.07, 6.45) is 4.62. The third-order valence-electron chi connectivity index (χ3n) is 2.99.